The maximum Gasteiger partial charge on any atom is 0.223 e. The molecule has 21 heavy (non-hydrogen) atoms. The minimum atomic E-state index is 0.141. The lowest BCUT2D eigenvalue weighted by molar-refractivity contribution is -0.140. The van der Waals surface area contributed by atoms with Gasteiger partial charge >= 0.3 is 0 Å². The van der Waals surface area contributed by atoms with E-state index in [1.54, 1.807) is 6.26 Å². The lowest BCUT2D eigenvalue weighted by atomic mass is 10.1. The fourth-order valence-electron chi connectivity index (χ4n) is 2.53. The zero-order valence-electron chi connectivity index (χ0n) is 12.9. The van der Waals surface area contributed by atoms with Crippen molar-refractivity contribution >= 4 is 11.8 Å². The highest BCUT2D eigenvalue weighted by atomic mass is 16.3. The summed E-state index contributed by atoms with van der Waals surface area (Å²) >= 11 is 0. The maximum absolute atomic E-state index is 12.1. The summed E-state index contributed by atoms with van der Waals surface area (Å²) in [7, 11) is 0. The van der Waals surface area contributed by atoms with Crippen molar-refractivity contribution in [2.45, 2.75) is 33.1 Å². The van der Waals surface area contributed by atoms with Crippen molar-refractivity contribution in [3.8, 4) is 0 Å². The van der Waals surface area contributed by atoms with Gasteiger partial charge in [0.25, 0.3) is 0 Å². The van der Waals surface area contributed by atoms with Gasteiger partial charge in [0, 0.05) is 45.4 Å². The number of nitrogens with zero attached hydrogens (tertiary/aromatic N) is 2. The molecule has 5 nitrogen and oxygen atoms in total. The molecular formula is C16H24N2O3. The van der Waals surface area contributed by atoms with Gasteiger partial charge in [-0.15, -0.1) is 0 Å². The molecule has 0 unspecified atom stereocenters. The van der Waals surface area contributed by atoms with E-state index in [1.807, 2.05) is 35.8 Å². The second-order valence-electron chi connectivity index (χ2n) is 5.94. The van der Waals surface area contributed by atoms with Crippen LogP contribution in [-0.4, -0.2) is 47.8 Å². The van der Waals surface area contributed by atoms with Gasteiger partial charge in [0.1, 0.15) is 5.76 Å². The topological polar surface area (TPSA) is 53.8 Å². The Labute approximate surface area is 125 Å². The highest BCUT2D eigenvalue weighted by molar-refractivity contribution is 5.78. The Balaban J connectivity index is 1.73. The van der Waals surface area contributed by atoms with E-state index in [-0.39, 0.29) is 11.8 Å². The summed E-state index contributed by atoms with van der Waals surface area (Å²) in [6.45, 7) is 6.68. The van der Waals surface area contributed by atoms with Gasteiger partial charge < -0.3 is 14.2 Å². The van der Waals surface area contributed by atoms with Gasteiger partial charge in [-0.1, -0.05) is 13.8 Å². The molecule has 0 bridgehead atoms. The van der Waals surface area contributed by atoms with E-state index in [9.17, 15) is 9.59 Å². The van der Waals surface area contributed by atoms with Crippen molar-refractivity contribution in [3.63, 3.8) is 0 Å². The van der Waals surface area contributed by atoms with Gasteiger partial charge in [-0.3, -0.25) is 9.59 Å². The van der Waals surface area contributed by atoms with Crippen LogP contribution in [0.4, 0.5) is 0 Å². The Hall–Kier alpha value is -1.78. The molecule has 0 radical (unpaired) electrons. The highest BCUT2D eigenvalue weighted by Gasteiger charge is 2.24. The van der Waals surface area contributed by atoms with E-state index < -0.39 is 0 Å². The Morgan fingerprint density at radius 2 is 1.76 bits per heavy atom. The smallest absolute Gasteiger partial charge is 0.223 e. The van der Waals surface area contributed by atoms with Crippen molar-refractivity contribution in [2.75, 3.05) is 26.2 Å². The van der Waals surface area contributed by atoms with Crippen molar-refractivity contribution in [1.29, 1.82) is 0 Å². The molecule has 2 amide bonds. The molecule has 0 aliphatic carbocycles. The van der Waals surface area contributed by atoms with Crippen molar-refractivity contribution in [2.24, 2.45) is 5.92 Å². The molecule has 1 aliphatic rings. The average Bonchev–Trinajstić information content (AvgIpc) is 2.97. The molecule has 2 rings (SSSR count). The van der Waals surface area contributed by atoms with E-state index in [1.165, 1.54) is 0 Å². The standard InChI is InChI=1S/C16H24N2O3/c1-13(2)12-16(20)18-9-7-17(8-10-18)15(19)6-5-14-4-3-11-21-14/h3-4,11,13H,5-10,12H2,1-2H3. The first-order valence-corrected chi connectivity index (χ1v) is 7.64. The molecule has 0 spiro atoms. The number of furan rings is 1. The third-order valence-corrected chi connectivity index (χ3v) is 3.73. The number of rotatable bonds is 5. The summed E-state index contributed by atoms with van der Waals surface area (Å²) in [4.78, 5) is 27.8. The van der Waals surface area contributed by atoms with Crippen LogP contribution in [0.5, 0.6) is 0 Å². The molecule has 1 aliphatic heterocycles. The molecular weight excluding hydrogens is 268 g/mol. The van der Waals surface area contributed by atoms with E-state index in [0.717, 1.165) is 5.76 Å². The molecule has 116 valence electrons. The molecule has 0 N–H and O–H groups in total. The molecule has 1 aromatic heterocycles. The number of piperazine rings is 1. The van der Waals surface area contributed by atoms with Gasteiger partial charge in [-0.05, 0) is 18.1 Å². The van der Waals surface area contributed by atoms with E-state index >= 15 is 0 Å². The van der Waals surface area contributed by atoms with Crippen LogP contribution < -0.4 is 0 Å². The summed E-state index contributed by atoms with van der Waals surface area (Å²) in [5, 5.41) is 0. The fraction of sp³-hybridized carbons (Fsp3) is 0.625. The summed E-state index contributed by atoms with van der Waals surface area (Å²) in [6, 6.07) is 3.72. The molecule has 1 aromatic rings. The summed E-state index contributed by atoms with van der Waals surface area (Å²) in [5.41, 5.74) is 0. The Morgan fingerprint density at radius 1 is 1.14 bits per heavy atom. The highest BCUT2D eigenvalue weighted by Crippen LogP contribution is 2.10. The number of hydrogen-bond donors (Lipinski definition) is 0. The van der Waals surface area contributed by atoms with Crippen LogP contribution >= 0.6 is 0 Å². The minimum Gasteiger partial charge on any atom is -0.469 e. The van der Waals surface area contributed by atoms with Gasteiger partial charge in [-0.2, -0.15) is 0 Å². The van der Waals surface area contributed by atoms with Crippen LogP contribution in [0.15, 0.2) is 22.8 Å². The van der Waals surface area contributed by atoms with Crippen molar-refractivity contribution in [3.05, 3.63) is 24.2 Å². The lowest BCUT2D eigenvalue weighted by Crippen LogP contribution is -2.50. The van der Waals surface area contributed by atoms with E-state index in [2.05, 4.69) is 0 Å². The normalized spacial score (nSPS) is 15.6. The number of amides is 2. The Kier molecular flexibility index (Phi) is 5.42. The fourth-order valence-corrected chi connectivity index (χ4v) is 2.53. The first kappa shape index (κ1) is 15.6. The van der Waals surface area contributed by atoms with Crippen LogP contribution in [0.3, 0.4) is 0 Å². The molecule has 0 aromatic carbocycles. The average molecular weight is 292 g/mol. The quantitative estimate of drug-likeness (QED) is 0.833. The number of carbonyl (C=O) groups is 2. The molecule has 0 saturated carbocycles. The molecule has 1 saturated heterocycles. The molecule has 5 heteroatoms. The Morgan fingerprint density at radius 3 is 2.29 bits per heavy atom. The van der Waals surface area contributed by atoms with Crippen LogP contribution in [0.25, 0.3) is 0 Å². The molecule has 0 atom stereocenters. The zero-order valence-corrected chi connectivity index (χ0v) is 12.9. The monoisotopic (exact) mass is 292 g/mol. The molecule has 2 heterocycles. The van der Waals surface area contributed by atoms with Crippen LogP contribution in [-0.2, 0) is 16.0 Å². The molecule has 1 fully saturated rings. The van der Waals surface area contributed by atoms with Crippen LogP contribution in [0, 0.1) is 5.92 Å². The van der Waals surface area contributed by atoms with Crippen molar-refractivity contribution < 1.29 is 14.0 Å². The second-order valence-corrected chi connectivity index (χ2v) is 5.94. The zero-order chi connectivity index (χ0) is 15.2. The largest absolute Gasteiger partial charge is 0.469 e. The number of carbonyl (C=O) groups excluding carboxylic acids is 2. The number of aryl methyl sites for hydroxylation is 1. The van der Waals surface area contributed by atoms with E-state index in [0.29, 0.717) is 51.4 Å². The summed E-state index contributed by atoms with van der Waals surface area (Å²) in [6.07, 6.45) is 3.32. The van der Waals surface area contributed by atoms with Crippen LogP contribution in [0.1, 0.15) is 32.4 Å². The second kappa shape index (κ2) is 7.29. The maximum atomic E-state index is 12.1. The first-order valence-electron chi connectivity index (χ1n) is 7.64. The predicted molar refractivity (Wildman–Crippen MR) is 79.6 cm³/mol. The number of hydrogen-bond acceptors (Lipinski definition) is 3. The summed E-state index contributed by atoms with van der Waals surface area (Å²) < 4.78 is 5.23. The predicted octanol–water partition coefficient (Wildman–Crippen LogP) is 1.93. The van der Waals surface area contributed by atoms with Gasteiger partial charge in [0.2, 0.25) is 11.8 Å². The summed E-state index contributed by atoms with van der Waals surface area (Å²) in [5.74, 6) is 1.56. The van der Waals surface area contributed by atoms with Gasteiger partial charge in [-0.25, -0.2) is 0 Å². The van der Waals surface area contributed by atoms with Crippen molar-refractivity contribution in [1.82, 2.24) is 9.80 Å². The van der Waals surface area contributed by atoms with Crippen LogP contribution in [0.2, 0.25) is 0 Å². The minimum absolute atomic E-state index is 0.141. The van der Waals surface area contributed by atoms with Gasteiger partial charge in [0.15, 0.2) is 0 Å². The SMILES string of the molecule is CC(C)CC(=O)N1CCN(C(=O)CCc2ccco2)CC1. The third kappa shape index (κ3) is 4.62. The lowest BCUT2D eigenvalue weighted by Gasteiger charge is -2.35. The van der Waals surface area contributed by atoms with Gasteiger partial charge in [0.05, 0.1) is 6.26 Å². The third-order valence-electron chi connectivity index (χ3n) is 3.73. The van der Waals surface area contributed by atoms with E-state index in [4.69, 9.17) is 4.42 Å². The Bertz CT molecular complexity index is 460. The first-order chi connectivity index (χ1) is 10.1.